The molecule has 0 aliphatic carbocycles. The molecule has 1 rings (SSSR count). The van der Waals surface area contributed by atoms with E-state index in [9.17, 15) is 9.59 Å². The maximum Gasteiger partial charge on any atom is 0.223 e. The SMILES string of the molecule is NN(C=O)CCN1CCCC1=O. The molecule has 0 spiro atoms. The maximum atomic E-state index is 11.1. The summed E-state index contributed by atoms with van der Waals surface area (Å²) in [6, 6.07) is 0. The molecule has 0 atom stereocenters. The van der Waals surface area contributed by atoms with Crippen molar-refractivity contribution in [2.24, 2.45) is 5.84 Å². The number of rotatable bonds is 4. The molecule has 5 nitrogen and oxygen atoms in total. The third kappa shape index (κ3) is 2.20. The Labute approximate surface area is 71.1 Å². The predicted octanol–water partition coefficient (Wildman–Crippen LogP) is -1.06. The van der Waals surface area contributed by atoms with Crippen LogP contribution in [0.15, 0.2) is 0 Å². The van der Waals surface area contributed by atoms with E-state index in [1.54, 1.807) is 4.90 Å². The van der Waals surface area contributed by atoms with Crippen LogP contribution in [0.2, 0.25) is 0 Å². The Morgan fingerprint density at radius 1 is 1.67 bits per heavy atom. The van der Waals surface area contributed by atoms with Crippen LogP contribution in [0.1, 0.15) is 12.8 Å². The standard InChI is InChI=1S/C7H13N3O2/c8-10(6-11)5-4-9-3-1-2-7(9)12/h6H,1-5,8H2. The van der Waals surface area contributed by atoms with Crippen LogP contribution < -0.4 is 5.84 Å². The highest BCUT2D eigenvalue weighted by atomic mass is 16.2. The van der Waals surface area contributed by atoms with E-state index in [0.717, 1.165) is 18.0 Å². The van der Waals surface area contributed by atoms with Gasteiger partial charge in [0.05, 0.1) is 6.54 Å². The highest BCUT2D eigenvalue weighted by Crippen LogP contribution is 2.08. The van der Waals surface area contributed by atoms with Gasteiger partial charge in [-0.2, -0.15) is 0 Å². The maximum absolute atomic E-state index is 11.1. The Bertz CT molecular complexity index is 183. The molecule has 1 saturated heterocycles. The quantitative estimate of drug-likeness (QED) is 0.254. The van der Waals surface area contributed by atoms with Gasteiger partial charge in [0, 0.05) is 19.5 Å². The van der Waals surface area contributed by atoms with E-state index in [4.69, 9.17) is 5.84 Å². The Hall–Kier alpha value is -1.10. The third-order valence-electron chi connectivity index (χ3n) is 1.93. The number of amides is 2. The van der Waals surface area contributed by atoms with E-state index < -0.39 is 0 Å². The predicted molar refractivity (Wildman–Crippen MR) is 42.8 cm³/mol. The largest absolute Gasteiger partial charge is 0.341 e. The minimum absolute atomic E-state index is 0.161. The van der Waals surface area contributed by atoms with E-state index in [2.05, 4.69) is 0 Å². The van der Waals surface area contributed by atoms with E-state index in [0.29, 0.717) is 25.9 Å². The molecule has 2 amide bonds. The first-order chi connectivity index (χ1) is 5.74. The number of likely N-dealkylation sites (tertiary alicyclic amines) is 1. The van der Waals surface area contributed by atoms with Gasteiger partial charge in [-0.25, -0.2) is 5.84 Å². The van der Waals surface area contributed by atoms with Gasteiger partial charge in [0.15, 0.2) is 0 Å². The van der Waals surface area contributed by atoms with Crippen LogP contribution in [-0.4, -0.2) is 41.9 Å². The van der Waals surface area contributed by atoms with Crippen LogP contribution in [-0.2, 0) is 9.59 Å². The van der Waals surface area contributed by atoms with Crippen molar-refractivity contribution in [1.29, 1.82) is 0 Å². The van der Waals surface area contributed by atoms with Gasteiger partial charge in [-0.05, 0) is 6.42 Å². The van der Waals surface area contributed by atoms with Crippen molar-refractivity contribution in [3.05, 3.63) is 0 Å². The lowest BCUT2D eigenvalue weighted by Crippen LogP contribution is -2.38. The first kappa shape index (κ1) is 8.99. The van der Waals surface area contributed by atoms with Crippen molar-refractivity contribution in [2.75, 3.05) is 19.6 Å². The molecule has 0 aromatic rings. The minimum Gasteiger partial charge on any atom is -0.341 e. The minimum atomic E-state index is 0.161. The molecule has 0 saturated carbocycles. The van der Waals surface area contributed by atoms with Crippen molar-refractivity contribution in [3.8, 4) is 0 Å². The highest BCUT2D eigenvalue weighted by molar-refractivity contribution is 5.78. The van der Waals surface area contributed by atoms with Crippen molar-refractivity contribution in [1.82, 2.24) is 9.91 Å². The van der Waals surface area contributed by atoms with Gasteiger partial charge in [0.1, 0.15) is 0 Å². The Morgan fingerprint density at radius 3 is 2.92 bits per heavy atom. The molecule has 5 heteroatoms. The summed E-state index contributed by atoms with van der Waals surface area (Å²) in [5.41, 5.74) is 0. The summed E-state index contributed by atoms with van der Waals surface area (Å²) in [5, 5.41) is 1.05. The summed E-state index contributed by atoms with van der Waals surface area (Å²) in [7, 11) is 0. The Morgan fingerprint density at radius 2 is 2.42 bits per heavy atom. The molecule has 1 aliphatic rings. The highest BCUT2D eigenvalue weighted by Gasteiger charge is 2.19. The first-order valence-electron chi connectivity index (χ1n) is 3.98. The molecular weight excluding hydrogens is 158 g/mol. The monoisotopic (exact) mass is 171 g/mol. The number of hydrazine groups is 1. The second kappa shape index (κ2) is 4.06. The number of hydrogen-bond donors (Lipinski definition) is 1. The normalized spacial score (nSPS) is 16.8. The lowest BCUT2D eigenvalue weighted by molar-refractivity contribution is -0.128. The van der Waals surface area contributed by atoms with Gasteiger partial charge in [-0.1, -0.05) is 0 Å². The summed E-state index contributed by atoms with van der Waals surface area (Å²) >= 11 is 0. The Balaban J connectivity index is 2.22. The lowest BCUT2D eigenvalue weighted by atomic mass is 10.4. The van der Waals surface area contributed by atoms with Crippen LogP contribution in [0.4, 0.5) is 0 Å². The molecule has 0 aromatic heterocycles. The van der Waals surface area contributed by atoms with Crippen LogP contribution in [0.5, 0.6) is 0 Å². The smallest absolute Gasteiger partial charge is 0.223 e. The zero-order valence-electron chi connectivity index (χ0n) is 6.90. The molecule has 0 aromatic carbocycles. The van der Waals surface area contributed by atoms with Gasteiger partial charge in [0.25, 0.3) is 0 Å². The third-order valence-corrected chi connectivity index (χ3v) is 1.93. The summed E-state index contributed by atoms with van der Waals surface area (Å²) in [5.74, 6) is 5.39. The average molecular weight is 171 g/mol. The first-order valence-corrected chi connectivity index (χ1v) is 3.98. The van der Waals surface area contributed by atoms with E-state index in [1.807, 2.05) is 0 Å². The second-order valence-corrected chi connectivity index (χ2v) is 2.83. The van der Waals surface area contributed by atoms with E-state index in [-0.39, 0.29) is 5.91 Å². The molecule has 0 bridgehead atoms. The molecule has 68 valence electrons. The lowest BCUT2D eigenvalue weighted by Gasteiger charge is -2.17. The fourth-order valence-electron chi connectivity index (χ4n) is 1.23. The van der Waals surface area contributed by atoms with Crippen LogP contribution in [0, 0.1) is 0 Å². The van der Waals surface area contributed by atoms with Crippen LogP contribution in [0.3, 0.4) is 0 Å². The van der Waals surface area contributed by atoms with Crippen molar-refractivity contribution < 1.29 is 9.59 Å². The summed E-state index contributed by atoms with van der Waals surface area (Å²) in [6.45, 7) is 1.76. The summed E-state index contributed by atoms with van der Waals surface area (Å²) < 4.78 is 0. The molecule has 1 aliphatic heterocycles. The average Bonchev–Trinajstić information content (AvgIpc) is 2.47. The fraction of sp³-hybridized carbons (Fsp3) is 0.714. The Kier molecular flexibility index (Phi) is 3.04. The second-order valence-electron chi connectivity index (χ2n) is 2.83. The summed E-state index contributed by atoms with van der Waals surface area (Å²) in [6.07, 6.45) is 2.11. The molecule has 1 heterocycles. The number of nitrogens with two attached hydrogens (primary N) is 1. The van der Waals surface area contributed by atoms with Crippen LogP contribution in [0.25, 0.3) is 0 Å². The zero-order valence-corrected chi connectivity index (χ0v) is 6.90. The molecule has 1 fully saturated rings. The molecular formula is C7H13N3O2. The number of nitrogens with zero attached hydrogens (tertiary/aromatic N) is 2. The van der Waals surface area contributed by atoms with Crippen molar-refractivity contribution in [2.45, 2.75) is 12.8 Å². The van der Waals surface area contributed by atoms with E-state index in [1.165, 1.54) is 0 Å². The summed E-state index contributed by atoms with van der Waals surface area (Å²) in [4.78, 5) is 22.9. The van der Waals surface area contributed by atoms with E-state index >= 15 is 0 Å². The number of carbonyl (C=O) groups is 2. The zero-order chi connectivity index (χ0) is 8.97. The molecule has 0 unspecified atom stereocenters. The topological polar surface area (TPSA) is 66.6 Å². The van der Waals surface area contributed by atoms with Gasteiger partial charge in [0.2, 0.25) is 12.3 Å². The van der Waals surface area contributed by atoms with Crippen molar-refractivity contribution >= 4 is 12.3 Å². The van der Waals surface area contributed by atoms with Crippen molar-refractivity contribution in [3.63, 3.8) is 0 Å². The van der Waals surface area contributed by atoms with Gasteiger partial charge >= 0.3 is 0 Å². The fourth-order valence-corrected chi connectivity index (χ4v) is 1.23. The van der Waals surface area contributed by atoms with Crippen LogP contribution >= 0.6 is 0 Å². The molecule has 2 N–H and O–H groups in total. The van der Waals surface area contributed by atoms with Gasteiger partial charge < -0.3 is 4.90 Å². The molecule has 12 heavy (non-hydrogen) atoms. The number of carbonyl (C=O) groups excluding carboxylic acids is 2. The molecule has 0 radical (unpaired) electrons. The van der Waals surface area contributed by atoms with Gasteiger partial charge in [-0.15, -0.1) is 0 Å². The van der Waals surface area contributed by atoms with Gasteiger partial charge in [-0.3, -0.25) is 14.6 Å². The number of hydrogen-bond acceptors (Lipinski definition) is 3.